The third-order valence-electron chi connectivity index (χ3n) is 6.96. The molecule has 0 atom stereocenters. The number of thioether (sulfide) groups is 1. The van der Waals surface area contributed by atoms with E-state index in [1.165, 1.54) is 10.5 Å². The van der Waals surface area contributed by atoms with E-state index in [4.69, 9.17) is 19.4 Å². The number of nitrogens with zero attached hydrogens (tertiary/aromatic N) is 3. The van der Waals surface area contributed by atoms with Crippen molar-refractivity contribution in [2.24, 2.45) is 0 Å². The lowest BCUT2D eigenvalue weighted by atomic mass is 10.1. The van der Waals surface area contributed by atoms with Crippen molar-refractivity contribution in [1.82, 2.24) is 9.97 Å². The zero-order valence-electron chi connectivity index (χ0n) is 23.4. The fourth-order valence-electron chi connectivity index (χ4n) is 4.48. The molecule has 1 saturated carbocycles. The number of hydrogen-bond acceptors (Lipinski definition) is 7. The second-order valence-corrected chi connectivity index (χ2v) is 11.5. The molecule has 2 aromatic carbocycles. The number of morpholine rings is 1. The van der Waals surface area contributed by atoms with E-state index in [1.807, 2.05) is 56.0 Å². The topological polar surface area (TPSA) is 76.6 Å². The number of anilines is 2. The molecule has 2 heterocycles. The first-order valence-corrected chi connectivity index (χ1v) is 14.7. The molecule has 40 heavy (non-hydrogen) atoms. The number of ether oxygens (including phenoxy) is 2. The Morgan fingerprint density at radius 1 is 1.10 bits per heavy atom. The molecule has 8 heteroatoms. The van der Waals surface area contributed by atoms with Crippen LogP contribution in [0.5, 0.6) is 0 Å². The van der Waals surface area contributed by atoms with E-state index in [0.717, 1.165) is 49.4 Å². The molecule has 1 amide bonds. The minimum absolute atomic E-state index is 0.0457. The van der Waals surface area contributed by atoms with Gasteiger partial charge in [-0.3, -0.25) is 5.32 Å². The molecule has 0 unspecified atom stereocenters. The molecule has 1 N–H and O–H groups in total. The number of allylic oxidation sites excluding steroid dienone is 3. The molecule has 1 saturated heterocycles. The van der Waals surface area contributed by atoms with Gasteiger partial charge in [-0.1, -0.05) is 30.7 Å². The quantitative estimate of drug-likeness (QED) is 0.216. The van der Waals surface area contributed by atoms with E-state index in [1.54, 1.807) is 12.2 Å². The zero-order valence-corrected chi connectivity index (χ0v) is 24.2. The Hall–Kier alpha value is -3.62. The average Bonchev–Trinajstić information content (AvgIpc) is 3.77. The summed E-state index contributed by atoms with van der Waals surface area (Å²) in [4.78, 5) is 26.0. The summed E-state index contributed by atoms with van der Waals surface area (Å²) in [5.74, 6) is 2.13. The van der Waals surface area contributed by atoms with E-state index in [9.17, 15) is 4.79 Å². The largest absolute Gasteiger partial charge is 0.417 e. The predicted octanol–water partition coefficient (Wildman–Crippen LogP) is 7.49. The lowest BCUT2D eigenvalue weighted by Crippen LogP contribution is -2.37. The van der Waals surface area contributed by atoms with Crippen LogP contribution in [-0.4, -0.2) is 42.4 Å². The fourth-order valence-corrected chi connectivity index (χ4v) is 5.72. The first-order chi connectivity index (χ1) is 19.5. The first-order valence-electron chi connectivity index (χ1n) is 13.9. The van der Waals surface area contributed by atoms with E-state index < -0.39 is 6.09 Å². The van der Waals surface area contributed by atoms with Gasteiger partial charge in [0.25, 0.3) is 0 Å². The maximum Gasteiger partial charge on any atom is 0.417 e. The van der Waals surface area contributed by atoms with Gasteiger partial charge < -0.3 is 14.4 Å². The van der Waals surface area contributed by atoms with E-state index >= 15 is 0 Å². The Balaban J connectivity index is 1.38. The molecule has 0 spiro atoms. The number of nitrogens with one attached hydrogen (secondary N) is 1. The maximum atomic E-state index is 12.4. The molecule has 0 bridgehead atoms. The third kappa shape index (κ3) is 6.92. The van der Waals surface area contributed by atoms with Crippen molar-refractivity contribution in [3.8, 4) is 11.4 Å². The summed E-state index contributed by atoms with van der Waals surface area (Å²) in [5.41, 5.74) is 3.86. The molecular weight excluding hydrogens is 520 g/mol. The summed E-state index contributed by atoms with van der Waals surface area (Å²) >= 11 is 1.89. The van der Waals surface area contributed by atoms with Gasteiger partial charge in [0, 0.05) is 35.3 Å². The third-order valence-corrected chi connectivity index (χ3v) is 8.47. The van der Waals surface area contributed by atoms with Gasteiger partial charge in [0.15, 0.2) is 5.82 Å². The smallest absolute Gasteiger partial charge is 0.410 e. The summed E-state index contributed by atoms with van der Waals surface area (Å²) in [6.07, 6.45) is 8.00. The Labute approximate surface area is 240 Å². The summed E-state index contributed by atoms with van der Waals surface area (Å²) < 4.78 is 10.9. The summed E-state index contributed by atoms with van der Waals surface area (Å²) in [5, 5.41) is 2.80. The monoisotopic (exact) mass is 556 g/mol. The number of aromatic nitrogens is 2. The highest BCUT2D eigenvalue weighted by Gasteiger charge is 2.47. The Morgan fingerprint density at radius 3 is 2.48 bits per heavy atom. The van der Waals surface area contributed by atoms with Crippen molar-refractivity contribution in [3.63, 3.8) is 0 Å². The van der Waals surface area contributed by atoms with Crippen LogP contribution in [0.25, 0.3) is 11.4 Å². The summed E-state index contributed by atoms with van der Waals surface area (Å²) in [7, 11) is 0. The van der Waals surface area contributed by atoms with Crippen molar-refractivity contribution < 1.29 is 14.3 Å². The summed E-state index contributed by atoms with van der Waals surface area (Å²) in [6.45, 7) is 8.97. The number of benzene rings is 2. The normalized spacial score (nSPS) is 16.7. The van der Waals surface area contributed by atoms with Crippen LogP contribution in [0, 0.1) is 6.92 Å². The maximum absolute atomic E-state index is 12.4. The molecule has 2 aliphatic rings. The van der Waals surface area contributed by atoms with Crippen LogP contribution in [-0.2, 0) is 14.2 Å². The number of hydrogen-bond donors (Lipinski definition) is 1. The van der Waals surface area contributed by atoms with E-state index in [2.05, 4.69) is 47.5 Å². The zero-order chi connectivity index (χ0) is 28.0. The highest BCUT2D eigenvalue weighted by Crippen LogP contribution is 2.59. The van der Waals surface area contributed by atoms with Crippen LogP contribution in [0.1, 0.15) is 44.4 Å². The van der Waals surface area contributed by atoms with Crippen molar-refractivity contribution in [2.75, 3.05) is 36.5 Å². The standard InChI is InChI=1S/C32H36N4O3S/c1-4-6-7-26(5-2)39-31(37)33-25-12-10-24(11-13-25)30-34-28(22-29(35-30)36-18-20-38-21-19-36)32(16-17-32)40-27-14-8-23(3)9-15-27/h5-15,22H,4,16-21H2,1-3H3,(H,33,37)/b7-6-,26-5+. The molecule has 208 valence electrons. The molecule has 2 fully saturated rings. The molecule has 7 nitrogen and oxygen atoms in total. The van der Waals surface area contributed by atoms with Gasteiger partial charge in [0.2, 0.25) is 0 Å². The number of carbonyl (C=O) groups excluding carboxylic acids is 1. The van der Waals surface area contributed by atoms with Crippen LogP contribution in [0.2, 0.25) is 0 Å². The molecule has 1 aliphatic heterocycles. The van der Waals surface area contributed by atoms with Gasteiger partial charge in [-0.05, 0) is 81.7 Å². The van der Waals surface area contributed by atoms with Crippen LogP contribution < -0.4 is 10.2 Å². The molecule has 3 aromatic rings. The second-order valence-electron chi connectivity index (χ2n) is 10.0. The predicted molar refractivity (Wildman–Crippen MR) is 162 cm³/mol. The van der Waals surface area contributed by atoms with Gasteiger partial charge in [-0.15, -0.1) is 11.8 Å². The molecular formula is C32H36N4O3S. The number of rotatable bonds is 9. The van der Waals surface area contributed by atoms with Crippen LogP contribution >= 0.6 is 11.8 Å². The Kier molecular flexibility index (Phi) is 8.87. The van der Waals surface area contributed by atoms with Crippen molar-refractivity contribution in [2.45, 2.75) is 49.7 Å². The minimum Gasteiger partial charge on any atom is -0.410 e. The van der Waals surface area contributed by atoms with Crippen LogP contribution in [0.3, 0.4) is 0 Å². The van der Waals surface area contributed by atoms with Gasteiger partial charge in [-0.2, -0.15) is 0 Å². The summed E-state index contributed by atoms with van der Waals surface area (Å²) in [6, 6.07) is 18.5. The highest BCUT2D eigenvalue weighted by molar-refractivity contribution is 8.00. The number of amides is 1. The van der Waals surface area contributed by atoms with Crippen molar-refractivity contribution >= 4 is 29.4 Å². The highest BCUT2D eigenvalue weighted by atomic mass is 32.2. The van der Waals surface area contributed by atoms with Gasteiger partial charge in [0.05, 0.1) is 23.7 Å². The second kappa shape index (κ2) is 12.7. The minimum atomic E-state index is -0.529. The average molecular weight is 557 g/mol. The van der Waals surface area contributed by atoms with Gasteiger partial charge >= 0.3 is 6.09 Å². The fraction of sp³-hybridized carbons (Fsp3) is 0.344. The van der Waals surface area contributed by atoms with E-state index in [0.29, 0.717) is 30.5 Å². The Bertz CT molecular complexity index is 1380. The number of aryl methyl sites for hydroxylation is 1. The SMILES string of the molecule is C/C=C(\C=C/CC)OC(=O)Nc1ccc(-c2nc(N3CCOCC3)cc(C3(Sc4ccc(C)cc4)CC3)n2)cc1. The first kappa shape index (κ1) is 27.9. The molecule has 1 aromatic heterocycles. The van der Waals surface area contributed by atoms with Gasteiger partial charge in [-0.25, -0.2) is 14.8 Å². The molecule has 5 rings (SSSR count). The van der Waals surface area contributed by atoms with Crippen LogP contribution in [0.4, 0.5) is 16.3 Å². The lowest BCUT2D eigenvalue weighted by molar-refractivity contribution is 0.122. The Morgan fingerprint density at radius 2 is 1.82 bits per heavy atom. The molecule has 1 aliphatic carbocycles. The number of carbonyl (C=O) groups is 1. The lowest BCUT2D eigenvalue weighted by Gasteiger charge is -2.29. The molecule has 0 radical (unpaired) electrons. The van der Waals surface area contributed by atoms with Crippen LogP contribution in [0.15, 0.2) is 83.5 Å². The van der Waals surface area contributed by atoms with Gasteiger partial charge in [0.1, 0.15) is 11.6 Å². The van der Waals surface area contributed by atoms with Crippen molar-refractivity contribution in [1.29, 1.82) is 0 Å². The van der Waals surface area contributed by atoms with E-state index in [-0.39, 0.29) is 4.75 Å². The van der Waals surface area contributed by atoms with Crippen molar-refractivity contribution in [3.05, 3.63) is 89.8 Å².